The standard InChI is InChI=1S/C18H17N/c1-12-8-13(2)18(14(3)9-12)16-10-15-6-4-5-7-17(15)19-11-16/h4-11H,1-3H3. The number of para-hydroxylation sites is 1. The highest BCUT2D eigenvalue weighted by Crippen LogP contribution is 2.29. The maximum absolute atomic E-state index is 4.56. The van der Waals surface area contributed by atoms with E-state index in [4.69, 9.17) is 0 Å². The third kappa shape index (κ3) is 2.12. The first kappa shape index (κ1) is 11.9. The van der Waals surface area contributed by atoms with Gasteiger partial charge >= 0.3 is 0 Å². The zero-order valence-electron chi connectivity index (χ0n) is 11.6. The van der Waals surface area contributed by atoms with E-state index in [1.165, 1.54) is 33.2 Å². The number of nitrogens with zero attached hydrogens (tertiary/aromatic N) is 1. The van der Waals surface area contributed by atoms with Crippen LogP contribution in [-0.2, 0) is 0 Å². The number of hydrogen-bond donors (Lipinski definition) is 0. The fourth-order valence-corrected chi connectivity index (χ4v) is 2.84. The van der Waals surface area contributed by atoms with Crippen molar-refractivity contribution in [3.8, 4) is 11.1 Å². The molecule has 0 unspecified atom stereocenters. The molecular weight excluding hydrogens is 230 g/mol. The number of rotatable bonds is 1. The predicted molar refractivity (Wildman–Crippen MR) is 81.4 cm³/mol. The lowest BCUT2D eigenvalue weighted by molar-refractivity contribution is 1.31. The van der Waals surface area contributed by atoms with E-state index in [0.29, 0.717) is 0 Å². The van der Waals surface area contributed by atoms with Crippen LogP contribution in [0.4, 0.5) is 0 Å². The van der Waals surface area contributed by atoms with Crippen LogP contribution in [0.15, 0.2) is 48.7 Å². The lowest BCUT2D eigenvalue weighted by Crippen LogP contribution is -1.91. The van der Waals surface area contributed by atoms with E-state index in [0.717, 1.165) is 5.52 Å². The van der Waals surface area contributed by atoms with Crippen LogP contribution < -0.4 is 0 Å². The summed E-state index contributed by atoms with van der Waals surface area (Å²) >= 11 is 0. The van der Waals surface area contributed by atoms with Crippen LogP contribution in [0.3, 0.4) is 0 Å². The molecule has 0 fully saturated rings. The zero-order chi connectivity index (χ0) is 13.4. The van der Waals surface area contributed by atoms with E-state index in [1.807, 2.05) is 18.3 Å². The Morgan fingerprint density at radius 1 is 0.842 bits per heavy atom. The van der Waals surface area contributed by atoms with Gasteiger partial charge in [0.1, 0.15) is 0 Å². The molecule has 0 spiro atoms. The van der Waals surface area contributed by atoms with Crippen LogP contribution >= 0.6 is 0 Å². The summed E-state index contributed by atoms with van der Waals surface area (Å²) in [5, 5.41) is 1.19. The van der Waals surface area contributed by atoms with E-state index in [1.54, 1.807) is 0 Å². The summed E-state index contributed by atoms with van der Waals surface area (Å²) in [6.45, 7) is 6.48. The Morgan fingerprint density at radius 2 is 1.53 bits per heavy atom. The van der Waals surface area contributed by atoms with Gasteiger partial charge in [-0.15, -0.1) is 0 Å². The smallest absolute Gasteiger partial charge is 0.0702 e. The predicted octanol–water partition coefficient (Wildman–Crippen LogP) is 4.83. The van der Waals surface area contributed by atoms with Gasteiger partial charge in [0.05, 0.1) is 5.52 Å². The van der Waals surface area contributed by atoms with Crippen LogP contribution in [0.5, 0.6) is 0 Å². The summed E-state index contributed by atoms with van der Waals surface area (Å²) in [7, 11) is 0. The third-order valence-corrected chi connectivity index (χ3v) is 3.56. The summed E-state index contributed by atoms with van der Waals surface area (Å²) in [5.74, 6) is 0. The van der Waals surface area contributed by atoms with Gasteiger partial charge in [-0.1, -0.05) is 35.9 Å². The largest absolute Gasteiger partial charge is 0.256 e. The molecule has 1 heteroatoms. The molecule has 1 nitrogen and oxygen atoms in total. The van der Waals surface area contributed by atoms with Crippen LogP contribution in [-0.4, -0.2) is 4.98 Å². The molecule has 19 heavy (non-hydrogen) atoms. The van der Waals surface area contributed by atoms with Crippen molar-refractivity contribution in [1.82, 2.24) is 4.98 Å². The average molecular weight is 247 g/mol. The second-order valence-electron chi connectivity index (χ2n) is 5.19. The van der Waals surface area contributed by atoms with Crippen molar-refractivity contribution in [2.75, 3.05) is 0 Å². The van der Waals surface area contributed by atoms with E-state index in [-0.39, 0.29) is 0 Å². The normalized spacial score (nSPS) is 10.9. The first-order valence-electron chi connectivity index (χ1n) is 6.58. The molecule has 3 aromatic rings. The second-order valence-corrected chi connectivity index (χ2v) is 5.19. The fourth-order valence-electron chi connectivity index (χ4n) is 2.84. The first-order valence-corrected chi connectivity index (χ1v) is 6.58. The fraction of sp³-hybridized carbons (Fsp3) is 0.167. The van der Waals surface area contributed by atoms with Crippen molar-refractivity contribution in [1.29, 1.82) is 0 Å². The molecule has 2 aromatic carbocycles. The number of hydrogen-bond acceptors (Lipinski definition) is 1. The monoisotopic (exact) mass is 247 g/mol. The molecule has 3 rings (SSSR count). The van der Waals surface area contributed by atoms with Gasteiger partial charge in [0.2, 0.25) is 0 Å². The minimum atomic E-state index is 1.05. The molecule has 0 radical (unpaired) electrons. The van der Waals surface area contributed by atoms with Crippen molar-refractivity contribution in [2.24, 2.45) is 0 Å². The van der Waals surface area contributed by atoms with E-state index < -0.39 is 0 Å². The lowest BCUT2D eigenvalue weighted by atomic mass is 9.94. The highest BCUT2D eigenvalue weighted by Gasteiger charge is 2.07. The first-order chi connectivity index (χ1) is 9.15. The second kappa shape index (κ2) is 4.51. The number of benzene rings is 2. The van der Waals surface area contributed by atoms with Crippen LogP contribution in [0.1, 0.15) is 16.7 Å². The number of fused-ring (bicyclic) bond motifs is 1. The molecule has 94 valence electrons. The molecule has 1 heterocycles. The topological polar surface area (TPSA) is 12.9 Å². The molecule has 0 bridgehead atoms. The number of aryl methyl sites for hydroxylation is 3. The van der Waals surface area contributed by atoms with Crippen molar-refractivity contribution in [3.05, 3.63) is 65.4 Å². The SMILES string of the molecule is Cc1cc(C)c(-c2cnc3ccccc3c2)c(C)c1. The Balaban J connectivity index is 2.25. The zero-order valence-corrected chi connectivity index (χ0v) is 11.6. The molecule has 0 aliphatic rings. The molecule has 0 N–H and O–H groups in total. The lowest BCUT2D eigenvalue weighted by Gasteiger charge is -2.12. The molecule has 0 amide bonds. The minimum Gasteiger partial charge on any atom is -0.256 e. The molecule has 0 saturated heterocycles. The summed E-state index contributed by atoms with van der Waals surface area (Å²) in [6.07, 6.45) is 1.98. The third-order valence-electron chi connectivity index (χ3n) is 3.56. The highest BCUT2D eigenvalue weighted by molar-refractivity contribution is 5.84. The Morgan fingerprint density at radius 3 is 2.26 bits per heavy atom. The maximum Gasteiger partial charge on any atom is 0.0702 e. The van der Waals surface area contributed by atoms with Gasteiger partial charge < -0.3 is 0 Å². The average Bonchev–Trinajstić information content (AvgIpc) is 2.37. The van der Waals surface area contributed by atoms with Gasteiger partial charge in [-0.2, -0.15) is 0 Å². The van der Waals surface area contributed by atoms with Gasteiger partial charge in [0.25, 0.3) is 0 Å². The Hall–Kier alpha value is -2.15. The summed E-state index contributed by atoms with van der Waals surface area (Å²) in [4.78, 5) is 4.56. The van der Waals surface area contributed by atoms with Crippen LogP contribution in [0.2, 0.25) is 0 Å². The van der Waals surface area contributed by atoms with Crippen molar-refractivity contribution in [3.63, 3.8) is 0 Å². The molecule has 0 saturated carbocycles. The minimum absolute atomic E-state index is 1.05. The van der Waals surface area contributed by atoms with Gasteiger partial charge in [0.15, 0.2) is 0 Å². The van der Waals surface area contributed by atoms with E-state index in [9.17, 15) is 0 Å². The van der Waals surface area contributed by atoms with Crippen molar-refractivity contribution < 1.29 is 0 Å². The molecule has 0 atom stereocenters. The van der Waals surface area contributed by atoms with E-state index >= 15 is 0 Å². The van der Waals surface area contributed by atoms with Crippen LogP contribution in [0, 0.1) is 20.8 Å². The molecular formula is C18H17N. The van der Waals surface area contributed by atoms with Gasteiger partial charge in [-0.05, 0) is 49.6 Å². The quantitative estimate of drug-likeness (QED) is 0.600. The summed E-state index contributed by atoms with van der Waals surface area (Å²) in [5.41, 5.74) is 7.50. The number of pyridine rings is 1. The Labute approximate surface area is 113 Å². The molecule has 1 aromatic heterocycles. The summed E-state index contributed by atoms with van der Waals surface area (Å²) < 4.78 is 0. The summed E-state index contributed by atoms with van der Waals surface area (Å²) in [6, 6.07) is 14.9. The highest BCUT2D eigenvalue weighted by atomic mass is 14.6. The molecule has 0 aliphatic heterocycles. The van der Waals surface area contributed by atoms with Crippen LogP contribution in [0.25, 0.3) is 22.0 Å². The number of aromatic nitrogens is 1. The van der Waals surface area contributed by atoms with Crippen molar-refractivity contribution in [2.45, 2.75) is 20.8 Å². The molecule has 0 aliphatic carbocycles. The van der Waals surface area contributed by atoms with Crippen molar-refractivity contribution >= 4 is 10.9 Å². The van der Waals surface area contributed by atoms with E-state index in [2.05, 4.69) is 56.1 Å². The Bertz CT molecular complexity index is 733. The Kier molecular flexibility index (Phi) is 2.83. The van der Waals surface area contributed by atoms with Gasteiger partial charge in [-0.3, -0.25) is 4.98 Å². The maximum atomic E-state index is 4.56. The van der Waals surface area contributed by atoms with Gasteiger partial charge in [-0.25, -0.2) is 0 Å². The van der Waals surface area contributed by atoms with Gasteiger partial charge in [0, 0.05) is 17.1 Å².